The van der Waals surface area contributed by atoms with Crippen LogP contribution in [-0.2, 0) is 17.7 Å². The maximum Gasteiger partial charge on any atom is 0.0622 e. The highest BCUT2D eigenvalue weighted by Gasteiger charge is 2.23. The first kappa shape index (κ1) is 14.6. The lowest BCUT2D eigenvalue weighted by molar-refractivity contribution is -0.0140. The van der Waals surface area contributed by atoms with Crippen molar-refractivity contribution in [1.82, 2.24) is 14.9 Å². The highest BCUT2D eigenvalue weighted by molar-refractivity contribution is 7.10. The van der Waals surface area contributed by atoms with Crippen molar-refractivity contribution in [3.8, 4) is 0 Å². The van der Waals surface area contributed by atoms with Gasteiger partial charge in [0.25, 0.3) is 0 Å². The molecule has 0 radical (unpaired) electrons. The second kappa shape index (κ2) is 7.11. The molecule has 0 aliphatic carbocycles. The number of rotatable bonds is 5. The average Bonchev–Trinajstić information content (AvgIpc) is 2.93. The summed E-state index contributed by atoms with van der Waals surface area (Å²) in [5.74, 6) is 0. The Morgan fingerprint density at radius 3 is 3.14 bits per heavy atom. The maximum absolute atomic E-state index is 5.68. The van der Waals surface area contributed by atoms with Crippen LogP contribution in [0.4, 0.5) is 0 Å². The molecular weight excluding hydrogens is 282 g/mol. The standard InChI is InChI=1S/C16H21N3OS/c1-13-4-9-21-16(13)11-19-7-8-20-12-15(19)3-2-14-10-17-5-6-18-14/h4-6,9-10,15H,2-3,7-8,11-12H2,1H3/t15-/m0/s1. The molecule has 0 amide bonds. The van der Waals surface area contributed by atoms with E-state index >= 15 is 0 Å². The van der Waals surface area contributed by atoms with Gasteiger partial charge in [0.1, 0.15) is 0 Å². The molecule has 1 saturated heterocycles. The Morgan fingerprint density at radius 2 is 2.38 bits per heavy atom. The van der Waals surface area contributed by atoms with Crippen molar-refractivity contribution in [2.75, 3.05) is 19.8 Å². The minimum absolute atomic E-state index is 0.474. The van der Waals surface area contributed by atoms with E-state index < -0.39 is 0 Å². The van der Waals surface area contributed by atoms with Crippen LogP contribution in [0.3, 0.4) is 0 Å². The second-order valence-electron chi connectivity index (χ2n) is 5.46. The quantitative estimate of drug-likeness (QED) is 0.851. The van der Waals surface area contributed by atoms with Crippen LogP contribution < -0.4 is 0 Å². The SMILES string of the molecule is Cc1ccsc1CN1CCOC[C@@H]1CCc1cnccn1. The zero-order chi connectivity index (χ0) is 14.5. The van der Waals surface area contributed by atoms with E-state index in [4.69, 9.17) is 4.74 Å². The molecule has 1 aliphatic heterocycles. The van der Waals surface area contributed by atoms with Crippen molar-refractivity contribution < 1.29 is 4.74 Å². The number of thiophene rings is 1. The first-order valence-electron chi connectivity index (χ1n) is 7.42. The molecule has 0 bridgehead atoms. The minimum atomic E-state index is 0.474. The number of hydrogen-bond acceptors (Lipinski definition) is 5. The fourth-order valence-corrected chi connectivity index (χ4v) is 3.62. The van der Waals surface area contributed by atoms with Crippen molar-refractivity contribution >= 4 is 11.3 Å². The molecule has 112 valence electrons. The normalized spacial score (nSPS) is 19.8. The largest absolute Gasteiger partial charge is 0.378 e. The molecule has 0 unspecified atom stereocenters. The first-order chi connectivity index (χ1) is 10.3. The number of nitrogens with zero attached hydrogens (tertiary/aromatic N) is 3. The van der Waals surface area contributed by atoms with E-state index in [9.17, 15) is 0 Å². The van der Waals surface area contributed by atoms with Gasteiger partial charge in [0.2, 0.25) is 0 Å². The fraction of sp³-hybridized carbons (Fsp3) is 0.500. The van der Waals surface area contributed by atoms with E-state index in [2.05, 4.69) is 33.2 Å². The van der Waals surface area contributed by atoms with E-state index in [1.54, 1.807) is 12.4 Å². The molecule has 3 heterocycles. The molecule has 2 aromatic heterocycles. The minimum Gasteiger partial charge on any atom is -0.378 e. The Hall–Kier alpha value is -1.30. The van der Waals surface area contributed by atoms with E-state index in [1.165, 1.54) is 10.4 Å². The summed E-state index contributed by atoms with van der Waals surface area (Å²) in [5, 5.41) is 2.18. The Morgan fingerprint density at radius 1 is 1.43 bits per heavy atom. The third kappa shape index (κ3) is 3.87. The first-order valence-corrected chi connectivity index (χ1v) is 8.30. The molecule has 1 atom stereocenters. The molecule has 3 rings (SSSR count). The average molecular weight is 303 g/mol. The molecule has 4 nitrogen and oxygen atoms in total. The van der Waals surface area contributed by atoms with Crippen LogP contribution in [0.25, 0.3) is 0 Å². The summed E-state index contributed by atoms with van der Waals surface area (Å²) in [5.41, 5.74) is 2.47. The molecule has 0 aromatic carbocycles. The summed E-state index contributed by atoms with van der Waals surface area (Å²) in [7, 11) is 0. The number of morpholine rings is 1. The molecule has 0 saturated carbocycles. The van der Waals surface area contributed by atoms with Gasteiger partial charge in [0.15, 0.2) is 0 Å². The lowest BCUT2D eigenvalue weighted by Gasteiger charge is -2.35. The lowest BCUT2D eigenvalue weighted by atomic mass is 10.1. The predicted octanol–water partition coefficient (Wildman–Crippen LogP) is 2.68. The summed E-state index contributed by atoms with van der Waals surface area (Å²) in [4.78, 5) is 12.5. The summed E-state index contributed by atoms with van der Waals surface area (Å²) in [6.07, 6.45) is 7.38. The van der Waals surface area contributed by atoms with Gasteiger partial charge in [-0.2, -0.15) is 0 Å². The van der Waals surface area contributed by atoms with Gasteiger partial charge in [-0.25, -0.2) is 0 Å². The maximum atomic E-state index is 5.68. The van der Waals surface area contributed by atoms with E-state index in [-0.39, 0.29) is 0 Å². The highest BCUT2D eigenvalue weighted by atomic mass is 32.1. The van der Waals surface area contributed by atoms with E-state index in [0.29, 0.717) is 6.04 Å². The summed E-state index contributed by atoms with van der Waals surface area (Å²) in [6, 6.07) is 2.68. The van der Waals surface area contributed by atoms with E-state index in [1.807, 2.05) is 17.5 Å². The van der Waals surface area contributed by atoms with Gasteiger partial charge in [-0.1, -0.05) is 0 Å². The smallest absolute Gasteiger partial charge is 0.0622 e. The molecule has 1 aliphatic rings. The lowest BCUT2D eigenvalue weighted by Crippen LogP contribution is -2.45. The van der Waals surface area contributed by atoms with E-state index in [0.717, 1.165) is 44.8 Å². The Bertz CT molecular complexity index is 558. The van der Waals surface area contributed by atoms with Gasteiger partial charge in [-0.05, 0) is 36.8 Å². The molecule has 1 fully saturated rings. The van der Waals surface area contributed by atoms with Crippen LogP contribution in [0.15, 0.2) is 30.0 Å². The van der Waals surface area contributed by atoms with Gasteiger partial charge >= 0.3 is 0 Å². The van der Waals surface area contributed by atoms with Crippen LogP contribution in [0.1, 0.15) is 22.6 Å². The van der Waals surface area contributed by atoms with Crippen molar-refractivity contribution in [2.45, 2.75) is 32.4 Å². The Labute approximate surface area is 129 Å². The summed E-state index contributed by atoms with van der Waals surface area (Å²) in [6.45, 7) is 5.91. The van der Waals surface area contributed by atoms with Gasteiger partial charge in [-0.3, -0.25) is 14.9 Å². The number of hydrogen-bond donors (Lipinski definition) is 0. The second-order valence-corrected chi connectivity index (χ2v) is 6.46. The molecule has 2 aromatic rings. The Balaban J connectivity index is 1.60. The number of aromatic nitrogens is 2. The van der Waals surface area contributed by atoms with Crippen molar-refractivity contribution in [1.29, 1.82) is 0 Å². The Kier molecular flexibility index (Phi) is 4.95. The summed E-state index contributed by atoms with van der Waals surface area (Å²) < 4.78 is 5.68. The zero-order valence-electron chi connectivity index (χ0n) is 12.4. The molecule has 0 N–H and O–H groups in total. The van der Waals surface area contributed by atoms with Crippen LogP contribution in [0, 0.1) is 6.92 Å². The molecule has 5 heteroatoms. The number of ether oxygens (including phenoxy) is 1. The van der Waals surface area contributed by atoms with Crippen LogP contribution >= 0.6 is 11.3 Å². The molecule has 21 heavy (non-hydrogen) atoms. The van der Waals surface area contributed by atoms with Gasteiger partial charge < -0.3 is 4.74 Å². The van der Waals surface area contributed by atoms with Crippen LogP contribution in [0.2, 0.25) is 0 Å². The number of aryl methyl sites for hydroxylation is 2. The summed E-state index contributed by atoms with van der Waals surface area (Å²) >= 11 is 1.85. The predicted molar refractivity (Wildman–Crippen MR) is 84.4 cm³/mol. The monoisotopic (exact) mass is 303 g/mol. The van der Waals surface area contributed by atoms with Crippen LogP contribution in [-0.4, -0.2) is 40.7 Å². The topological polar surface area (TPSA) is 38.2 Å². The fourth-order valence-electron chi connectivity index (χ4n) is 2.69. The third-order valence-electron chi connectivity index (χ3n) is 4.01. The highest BCUT2D eigenvalue weighted by Crippen LogP contribution is 2.22. The zero-order valence-corrected chi connectivity index (χ0v) is 13.2. The van der Waals surface area contributed by atoms with Crippen LogP contribution in [0.5, 0.6) is 0 Å². The van der Waals surface area contributed by atoms with Gasteiger partial charge in [-0.15, -0.1) is 11.3 Å². The molecular formula is C16H21N3OS. The van der Waals surface area contributed by atoms with Gasteiger partial charge in [0, 0.05) is 42.6 Å². The van der Waals surface area contributed by atoms with Gasteiger partial charge in [0.05, 0.1) is 18.9 Å². The van der Waals surface area contributed by atoms with Crippen molar-refractivity contribution in [3.05, 3.63) is 46.2 Å². The van der Waals surface area contributed by atoms with Crippen molar-refractivity contribution in [3.63, 3.8) is 0 Å². The van der Waals surface area contributed by atoms with Crippen molar-refractivity contribution in [2.24, 2.45) is 0 Å². The molecule has 0 spiro atoms. The third-order valence-corrected chi connectivity index (χ3v) is 5.02.